The number of hydrogen-bond acceptors (Lipinski definition) is 2. The van der Waals surface area contributed by atoms with E-state index < -0.39 is 0 Å². The van der Waals surface area contributed by atoms with Gasteiger partial charge in [-0.1, -0.05) is 17.7 Å². The molecule has 2 nitrogen and oxygen atoms in total. The van der Waals surface area contributed by atoms with E-state index in [2.05, 4.69) is 5.32 Å². The van der Waals surface area contributed by atoms with E-state index >= 15 is 0 Å². The molecule has 1 N–H and O–H groups in total. The van der Waals surface area contributed by atoms with E-state index in [4.69, 9.17) is 16.3 Å². The number of rotatable bonds is 4. The predicted molar refractivity (Wildman–Crippen MR) is 75.4 cm³/mol. The predicted octanol–water partition coefficient (Wildman–Crippen LogP) is 4.30. The highest BCUT2D eigenvalue weighted by Gasteiger charge is 2.10. The van der Waals surface area contributed by atoms with E-state index in [-0.39, 0.29) is 5.82 Å². The molecule has 0 bridgehead atoms. The smallest absolute Gasteiger partial charge is 0.133 e. The highest BCUT2D eigenvalue weighted by atomic mass is 35.5. The molecule has 4 heteroatoms. The first-order valence-electron chi connectivity index (χ1n) is 5.98. The van der Waals surface area contributed by atoms with Crippen molar-refractivity contribution in [3.05, 3.63) is 58.4 Å². The van der Waals surface area contributed by atoms with Crippen molar-refractivity contribution in [3.8, 4) is 11.5 Å². The number of aryl methyl sites for hydroxylation is 1. The van der Waals surface area contributed by atoms with Crippen molar-refractivity contribution in [2.75, 3.05) is 7.05 Å². The number of hydrogen-bond donors (Lipinski definition) is 1. The summed E-state index contributed by atoms with van der Waals surface area (Å²) in [6.07, 6.45) is 0. The number of ether oxygens (including phenoxy) is 1. The molecule has 0 saturated carbocycles. The van der Waals surface area contributed by atoms with Gasteiger partial charge in [0.2, 0.25) is 0 Å². The van der Waals surface area contributed by atoms with Crippen LogP contribution in [0.3, 0.4) is 0 Å². The normalized spacial score (nSPS) is 10.5. The lowest BCUT2D eigenvalue weighted by Gasteiger charge is -2.14. The molecule has 0 aliphatic heterocycles. The van der Waals surface area contributed by atoms with Crippen LogP contribution in [0.25, 0.3) is 0 Å². The second-order valence-electron chi connectivity index (χ2n) is 4.26. The first-order chi connectivity index (χ1) is 9.11. The van der Waals surface area contributed by atoms with Gasteiger partial charge in [0.1, 0.15) is 17.3 Å². The Hall–Kier alpha value is -1.58. The van der Waals surface area contributed by atoms with Gasteiger partial charge in [-0.15, -0.1) is 0 Å². The van der Waals surface area contributed by atoms with E-state index in [1.807, 2.05) is 25.2 Å². The van der Waals surface area contributed by atoms with E-state index in [0.717, 1.165) is 11.1 Å². The summed E-state index contributed by atoms with van der Waals surface area (Å²) in [5.41, 5.74) is 1.63. The summed E-state index contributed by atoms with van der Waals surface area (Å²) >= 11 is 6.16. The molecule has 0 aliphatic rings. The quantitative estimate of drug-likeness (QED) is 0.901. The fourth-order valence-corrected chi connectivity index (χ4v) is 2.06. The third-order valence-corrected chi connectivity index (χ3v) is 3.14. The van der Waals surface area contributed by atoms with Crippen molar-refractivity contribution in [3.63, 3.8) is 0 Å². The summed E-state index contributed by atoms with van der Waals surface area (Å²) in [5.74, 6) is 1.03. The summed E-state index contributed by atoms with van der Waals surface area (Å²) in [4.78, 5) is 0. The zero-order chi connectivity index (χ0) is 13.8. The summed E-state index contributed by atoms with van der Waals surface area (Å²) in [6.45, 7) is 2.41. The molecule has 0 unspecified atom stereocenters. The van der Waals surface area contributed by atoms with E-state index in [1.165, 1.54) is 12.1 Å². The van der Waals surface area contributed by atoms with Crippen LogP contribution in [-0.2, 0) is 6.54 Å². The molecule has 0 aliphatic carbocycles. The first-order valence-corrected chi connectivity index (χ1v) is 6.35. The lowest BCUT2D eigenvalue weighted by Crippen LogP contribution is -2.07. The van der Waals surface area contributed by atoms with E-state index in [1.54, 1.807) is 13.0 Å². The molecule has 0 aromatic heterocycles. The average molecular weight is 280 g/mol. The number of benzene rings is 2. The van der Waals surface area contributed by atoms with E-state index in [0.29, 0.717) is 23.1 Å². The van der Waals surface area contributed by atoms with Gasteiger partial charge in [0.25, 0.3) is 0 Å². The highest BCUT2D eigenvalue weighted by Crippen LogP contribution is 2.32. The summed E-state index contributed by atoms with van der Waals surface area (Å²) in [5, 5.41) is 3.70. The van der Waals surface area contributed by atoms with Gasteiger partial charge in [-0.3, -0.25) is 0 Å². The molecule has 2 rings (SSSR count). The fourth-order valence-electron chi connectivity index (χ4n) is 1.83. The molecular formula is C15H15ClFNO. The minimum atomic E-state index is -0.272. The fraction of sp³-hybridized carbons (Fsp3) is 0.200. The molecular weight excluding hydrogens is 265 g/mol. The Balaban J connectivity index is 2.35. The average Bonchev–Trinajstić information content (AvgIpc) is 2.37. The van der Waals surface area contributed by atoms with Gasteiger partial charge in [-0.2, -0.15) is 0 Å². The summed E-state index contributed by atoms with van der Waals surface area (Å²) in [7, 11) is 1.84. The third-order valence-electron chi connectivity index (χ3n) is 2.79. The molecule has 0 atom stereocenters. The largest absolute Gasteiger partial charge is 0.457 e. The van der Waals surface area contributed by atoms with Crippen molar-refractivity contribution in [1.29, 1.82) is 0 Å². The molecule has 0 amide bonds. The topological polar surface area (TPSA) is 21.3 Å². The zero-order valence-corrected chi connectivity index (χ0v) is 11.6. The van der Waals surface area contributed by atoms with Crippen molar-refractivity contribution in [2.45, 2.75) is 13.5 Å². The second-order valence-corrected chi connectivity index (χ2v) is 4.67. The second kappa shape index (κ2) is 6.04. The highest BCUT2D eigenvalue weighted by molar-refractivity contribution is 6.31. The van der Waals surface area contributed by atoms with Gasteiger partial charge < -0.3 is 10.1 Å². The van der Waals surface area contributed by atoms with E-state index in [9.17, 15) is 4.39 Å². The lowest BCUT2D eigenvalue weighted by atomic mass is 10.2. The van der Waals surface area contributed by atoms with Crippen LogP contribution in [0.1, 0.15) is 11.1 Å². The molecule has 0 fully saturated rings. The minimum absolute atomic E-state index is 0.272. The Labute approximate surface area is 117 Å². The lowest BCUT2D eigenvalue weighted by molar-refractivity contribution is 0.468. The Bertz CT molecular complexity index is 586. The van der Waals surface area contributed by atoms with Crippen LogP contribution in [0.2, 0.25) is 5.02 Å². The van der Waals surface area contributed by atoms with Crippen LogP contribution in [0, 0.1) is 12.7 Å². The summed E-state index contributed by atoms with van der Waals surface area (Å²) in [6, 6.07) is 9.94. The van der Waals surface area contributed by atoms with Gasteiger partial charge in [-0.05, 0) is 49.9 Å². The molecule has 2 aromatic carbocycles. The van der Waals surface area contributed by atoms with Crippen LogP contribution in [-0.4, -0.2) is 7.05 Å². The van der Waals surface area contributed by atoms with Crippen LogP contribution in [0.15, 0.2) is 36.4 Å². The number of nitrogens with one attached hydrogen (secondary N) is 1. The molecule has 0 radical (unpaired) electrons. The van der Waals surface area contributed by atoms with Crippen molar-refractivity contribution in [2.24, 2.45) is 0 Å². The standard InChI is InChI=1S/C15H15ClFNO/c1-10-8-11(17)6-7-14(10)19-15-5-3-4-13(16)12(15)9-18-2/h3-8,18H,9H2,1-2H3. The van der Waals surface area contributed by atoms with Crippen molar-refractivity contribution >= 4 is 11.6 Å². The summed E-state index contributed by atoms with van der Waals surface area (Å²) < 4.78 is 18.9. The molecule has 2 aromatic rings. The zero-order valence-electron chi connectivity index (χ0n) is 10.8. The molecule has 0 spiro atoms. The van der Waals surface area contributed by atoms with Crippen LogP contribution < -0.4 is 10.1 Å². The Morgan fingerprint density at radius 3 is 2.68 bits per heavy atom. The molecule has 0 heterocycles. The van der Waals surface area contributed by atoms with Gasteiger partial charge in [-0.25, -0.2) is 4.39 Å². The van der Waals surface area contributed by atoms with Gasteiger partial charge in [0.15, 0.2) is 0 Å². The monoisotopic (exact) mass is 279 g/mol. The first kappa shape index (κ1) is 13.8. The Morgan fingerprint density at radius 1 is 1.21 bits per heavy atom. The maximum absolute atomic E-state index is 13.1. The maximum Gasteiger partial charge on any atom is 0.133 e. The Morgan fingerprint density at radius 2 is 2.00 bits per heavy atom. The minimum Gasteiger partial charge on any atom is -0.457 e. The molecule has 0 saturated heterocycles. The molecule has 100 valence electrons. The van der Waals surface area contributed by atoms with Crippen molar-refractivity contribution < 1.29 is 9.13 Å². The SMILES string of the molecule is CNCc1c(Cl)cccc1Oc1ccc(F)cc1C. The van der Waals surface area contributed by atoms with Crippen molar-refractivity contribution in [1.82, 2.24) is 5.32 Å². The van der Waals surface area contributed by atoms with Gasteiger partial charge >= 0.3 is 0 Å². The van der Waals surface area contributed by atoms with Crippen LogP contribution in [0.5, 0.6) is 11.5 Å². The molecule has 19 heavy (non-hydrogen) atoms. The maximum atomic E-state index is 13.1. The third kappa shape index (κ3) is 3.25. The van der Waals surface area contributed by atoms with Gasteiger partial charge in [0, 0.05) is 17.1 Å². The number of halogens is 2. The Kier molecular flexibility index (Phi) is 4.40. The van der Waals surface area contributed by atoms with Crippen LogP contribution >= 0.6 is 11.6 Å². The van der Waals surface area contributed by atoms with Gasteiger partial charge in [0.05, 0.1) is 0 Å². The van der Waals surface area contributed by atoms with Crippen LogP contribution in [0.4, 0.5) is 4.39 Å².